The lowest BCUT2D eigenvalue weighted by Gasteiger charge is -2.60. The Labute approximate surface area is 160 Å². The van der Waals surface area contributed by atoms with Gasteiger partial charge in [0.25, 0.3) is 0 Å². The summed E-state index contributed by atoms with van der Waals surface area (Å²) in [5.41, 5.74) is 7.37. The van der Waals surface area contributed by atoms with E-state index in [4.69, 9.17) is 10.5 Å². The Morgan fingerprint density at radius 2 is 2.07 bits per heavy atom. The number of aliphatic imine (C=N–C) groups is 1. The van der Waals surface area contributed by atoms with E-state index in [1.807, 2.05) is 54.1 Å². The number of nitrogens with zero attached hydrogens (tertiary/aromatic N) is 4. The normalized spacial score (nSPS) is 24.4. The number of hydrogen-bond acceptors (Lipinski definition) is 5. The minimum absolute atomic E-state index is 0.0388. The van der Waals surface area contributed by atoms with Gasteiger partial charge in [0.05, 0.1) is 17.4 Å². The van der Waals surface area contributed by atoms with Gasteiger partial charge in [0, 0.05) is 50.6 Å². The molecule has 1 aromatic carbocycles. The van der Waals surface area contributed by atoms with Crippen LogP contribution in [0.4, 0.5) is 10.5 Å². The lowest BCUT2D eigenvalue weighted by Crippen LogP contribution is -2.74. The quantitative estimate of drug-likeness (QED) is 0.826. The molecule has 2 fully saturated rings. The van der Waals surface area contributed by atoms with Crippen molar-refractivity contribution < 1.29 is 9.53 Å². The van der Waals surface area contributed by atoms with E-state index < -0.39 is 0 Å². The lowest BCUT2D eigenvalue weighted by atomic mass is 9.73. The van der Waals surface area contributed by atoms with Gasteiger partial charge in [-0.05, 0) is 26.0 Å². The van der Waals surface area contributed by atoms with E-state index >= 15 is 0 Å². The molecule has 2 N–H and O–H groups in total. The molecular weight excluding hydrogens is 342 g/mol. The van der Waals surface area contributed by atoms with Gasteiger partial charge in [-0.15, -0.1) is 0 Å². The van der Waals surface area contributed by atoms with E-state index in [0.29, 0.717) is 6.61 Å². The molecule has 4 rings (SSSR count). The van der Waals surface area contributed by atoms with Gasteiger partial charge in [-0.25, -0.2) is 4.79 Å². The van der Waals surface area contributed by atoms with Crippen LogP contribution in [0.15, 0.2) is 41.2 Å². The van der Waals surface area contributed by atoms with Crippen LogP contribution in [0.1, 0.15) is 13.8 Å². The second-order valence-electron chi connectivity index (χ2n) is 7.93. The van der Waals surface area contributed by atoms with Gasteiger partial charge in [0.2, 0.25) is 0 Å². The molecule has 7 nitrogen and oxygen atoms in total. The second kappa shape index (κ2) is 6.88. The van der Waals surface area contributed by atoms with Crippen molar-refractivity contribution in [2.75, 3.05) is 44.2 Å². The third kappa shape index (κ3) is 3.27. The molecule has 3 heterocycles. The van der Waals surface area contributed by atoms with Gasteiger partial charge in [-0.2, -0.15) is 0 Å². The van der Waals surface area contributed by atoms with Crippen molar-refractivity contribution in [3.63, 3.8) is 0 Å². The Kier molecular flexibility index (Phi) is 4.55. The van der Waals surface area contributed by atoms with Gasteiger partial charge < -0.3 is 15.4 Å². The fourth-order valence-corrected chi connectivity index (χ4v) is 4.22. The molecule has 3 aliphatic heterocycles. The van der Waals surface area contributed by atoms with Crippen molar-refractivity contribution in [2.24, 2.45) is 16.1 Å². The number of carbonyl (C=O) groups excluding carboxylic acids is 1. The molecule has 2 amide bonds. The van der Waals surface area contributed by atoms with Gasteiger partial charge >= 0.3 is 6.03 Å². The number of carbonyl (C=O) groups is 1. The molecule has 1 atom stereocenters. The van der Waals surface area contributed by atoms with Gasteiger partial charge in [0.1, 0.15) is 12.4 Å². The predicted molar refractivity (Wildman–Crippen MR) is 106 cm³/mol. The van der Waals surface area contributed by atoms with Gasteiger partial charge in [0.15, 0.2) is 0 Å². The Hall–Kier alpha value is -2.54. The maximum Gasteiger partial charge on any atom is 0.325 e. The van der Waals surface area contributed by atoms with Crippen molar-refractivity contribution in [3.05, 3.63) is 36.2 Å². The molecule has 27 heavy (non-hydrogen) atoms. The summed E-state index contributed by atoms with van der Waals surface area (Å²) in [4.78, 5) is 23.6. The zero-order valence-electron chi connectivity index (χ0n) is 16.0. The van der Waals surface area contributed by atoms with E-state index in [2.05, 4.69) is 9.89 Å². The van der Waals surface area contributed by atoms with Crippen molar-refractivity contribution in [2.45, 2.75) is 19.9 Å². The molecular formula is C20H27N5O2. The van der Waals surface area contributed by atoms with Crippen LogP contribution in [0.2, 0.25) is 0 Å². The number of benzene rings is 1. The highest BCUT2D eigenvalue weighted by atomic mass is 16.5. The Morgan fingerprint density at radius 1 is 1.33 bits per heavy atom. The molecule has 0 bridgehead atoms. The molecule has 2 saturated heterocycles. The minimum Gasteiger partial charge on any atom is -0.489 e. The highest BCUT2D eigenvalue weighted by Crippen LogP contribution is 2.41. The van der Waals surface area contributed by atoms with Gasteiger partial charge in [-0.3, -0.25) is 14.8 Å². The second-order valence-corrected chi connectivity index (χ2v) is 7.93. The molecule has 144 valence electrons. The number of rotatable bonds is 3. The van der Waals surface area contributed by atoms with Crippen molar-refractivity contribution in [1.29, 1.82) is 0 Å². The Balaban J connectivity index is 1.32. The number of anilines is 1. The summed E-state index contributed by atoms with van der Waals surface area (Å²) in [6, 6.07) is 7.90. The summed E-state index contributed by atoms with van der Waals surface area (Å²) in [6.45, 7) is 8.97. The topological polar surface area (TPSA) is 74.4 Å². The molecule has 1 aromatic rings. The van der Waals surface area contributed by atoms with Crippen LogP contribution < -0.4 is 15.4 Å². The third-order valence-electron chi connectivity index (χ3n) is 5.57. The van der Waals surface area contributed by atoms with Crippen LogP contribution in [0.3, 0.4) is 0 Å². The number of fused-ring (bicyclic) bond motifs is 1. The summed E-state index contributed by atoms with van der Waals surface area (Å²) in [5.74, 6) is 0.787. The SMILES string of the molecule is C/C(=C/N)N=CCN1CC2(C1)CN(C(=O)N1c3ccccc3OCC1C)C2. The van der Waals surface area contributed by atoms with Crippen LogP contribution in [0, 0.1) is 5.41 Å². The lowest BCUT2D eigenvalue weighted by molar-refractivity contribution is -0.0866. The summed E-state index contributed by atoms with van der Waals surface area (Å²) in [5, 5.41) is 0. The van der Waals surface area contributed by atoms with Crippen molar-refractivity contribution >= 4 is 17.9 Å². The monoisotopic (exact) mass is 369 g/mol. The number of para-hydroxylation sites is 2. The number of nitrogens with two attached hydrogens (primary N) is 1. The average molecular weight is 369 g/mol. The maximum atomic E-state index is 13.1. The molecule has 1 unspecified atom stereocenters. The van der Waals surface area contributed by atoms with E-state index in [0.717, 1.165) is 49.9 Å². The molecule has 1 spiro atoms. The largest absolute Gasteiger partial charge is 0.489 e. The first-order valence-corrected chi connectivity index (χ1v) is 9.45. The maximum absolute atomic E-state index is 13.1. The molecule has 0 radical (unpaired) electrons. The minimum atomic E-state index is 0.0388. The number of allylic oxidation sites excluding steroid dienone is 1. The van der Waals surface area contributed by atoms with Crippen LogP contribution in [0.25, 0.3) is 0 Å². The van der Waals surface area contributed by atoms with Crippen LogP contribution in [-0.2, 0) is 0 Å². The zero-order valence-corrected chi connectivity index (χ0v) is 16.0. The summed E-state index contributed by atoms with van der Waals surface area (Å²) < 4.78 is 5.75. The van der Waals surface area contributed by atoms with E-state index in [9.17, 15) is 4.79 Å². The molecule has 0 saturated carbocycles. The van der Waals surface area contributed by atoms with Gasteiger partial charge in [-0.1, -0.05) is 12.1 Å². The smallest absolute Gasteiger partial charge is 0.325 e. The van der Waals surface area contributed by atoms with Crippen LogP contribution in [0.5, 0.6) is 5.75 Å². The van der Waals surface area contributed by atoms with Crippen molar-refractivity contribution in [3.8, 4) is 5.75 Å². The number of likely N-dealkylation sites (tertiary alicyclic amines) is 2. The summed E-state index contributed by atoms with van der Waals surface area (Å²) in [7, 11) is 0. The molecule has 7 heteroatoms. The molecule has 3 aliphatic rings. The van der Waals surface area contributed by atoms with Crippen LogP contribution >= 0.6 is 0 Å². The first-order chi connectivity index (χ1) is 13.0. The number of urea groups is 1. The van der Waals surface area contributed by atoms with E-state index in [-0.39, 0.29) is 17.5 Å². The first-order valence-electron chi connectivity index (χ1n) is 9.45. The Bertz CT molecular complexity index is 776. The number of hydrogen-bond donors (Lipinski definition) is 1. The molecule has 0 aliphatic carbocycles. The fourth-order valence-electron chi connectivity index (χ4n) is 4.22. The predicted octanol–water partition coefficient (Wildman–Crippen LogP) is 1.90. The average Bonchev–Trinajstić information content (AvgIpc) is 2.61. The highest BCUT2D eigenvalue weighted by Gasteiger charge is 2.54. The van der Waals surface area contributed by atoms with E-state index in [1.54, 1.807) is 0 Å². The summed E-state index contributed by atoms with van der Waals surface area (Å²) in [6.07, 6.45) is 3.41. The zero-order chi connectivity index (χ0) is 19.0. The number of amides is 2. The number of ether oxygens (including phenoxy) is 1. The van der Waals surface area contributed by atoms with Crippen molar-refractivity contribution in [1.82, 2.24) is 9.80 Å². The Morgan fingerprint density at radius 3 is 2.81 bits per heavy atom. The first kappa shape index (κ1) is 17.9. The molecule has 0 aromatic heterocycles. The third-order valence-corrected chi connectivity index (χ3v) is 5.57. The fraction of sp³-hybridized carbons (Fsp3) is 0.500. The van der Waals surface area contributed by atoms with Crippen LogP contribution in [-0.4, -0.2) is 67.4 Å². The highest BCUT2D eigenvalue weighted by molar-refractivity contribution is 5.95. The standard InChI is InChI=1S/C20H27N5O2/c1-15(9-21)22-7-8-23-11-20(12-23)13-24(14-20)19(26)25-16(2)10-27-18-6-4-3-5-17(18)25/h3-7,9,16H,8,10-14,21H2,1-2H3/b15-9-,22-7?. The van der Waals surface area contributed by atoms with E-state index in [1.165, 1.54) is 6.20 Å². The summed E-state index contributed by atoms with van der Waals surface area (Å²) >= 11 is 0.